The van der Waals surface area contributed by atoms with Gasteiger partial charge in [-0.3, -0.25) is 0 Å². The smallest absolute Gasteiger partial charge is 0.0442 e. The zero-order valence-electron chi connectivity index (χ0n) is 9.05. The van der Waals surface area contributed by atoms with Crippen LogP contribution in [0.4, 0.5) is 0 Å². The van der Waals surface area contributed by atoms with E-state index in [4.69, 9.17) is 28.9 Å². The number of nitrogens with two attached hydrogens (primary N) is 1. The molecule has 2 N–H and O–H groups in total. The Morgan fingerprint density at radius 1 is 1.31 bits per heavy atom. The molecule has 0 heterocycles. The molecule has 0 spiro atoms. The topological polar surface area (TPSA) is 26.0 Å². The van der Waals surface area contributed by atoms with Crippen LogP contribution in [0.1, 0.15) is 24.8 Å². The second kappa shape index (κ2) is 5.22. The van der Waals surface area contributed by atoms with Crippen LogP contribution in [0.2, 0.25) is 10.0 Å². The van der Waals surface area contributed by atoms with E-state index in [2.05, 4.69) is 6.08 Å². The van der Waals surface area contributed by atoms with E-state index < -0.39 is 0 Å². The van der Waals surface area contributed by atoms with Crippen molar-refractivity contribution in [2.24, 2.45) is 5.73 Å². The Kier molecular flexibility index (Phi) is 3.91. The molecule has 0 radical (unpaired) electrons. The quantitative estimate of drug-likeness (QED) is 0.796. The van der Waals surface area contributed by atoms with E-state index >= 15 is 0 Å². The van der Waals surface area contributed by atoms with Gasteiger partial charge < -0.3 is 5.73 Å². The predicted octanol–water partition coefficient (Wildman–Crippen LogP) is 3.97. The van der Waals surface area contributed by atoms with Gasteiger partial charge in [0.2, 0.25) is 0 Å². The second-order valence-corrected chi connectivity index (χ2v) is 5.15. The molecule has 1 atom stereocenters. The first-order valence-electron chi connectivity index (χ1n) is 5.52. The molecule has 0 saturated heterocycles. The summed E-state index contributed by atoms with van der Waals surface area (Å²) in [7, 11) is 0. The summed E-state index contributed by atoms with van der Waals surface area (Å²) in [6.07, 6.45) is 6.26. The van der Waals surface area contributed by atoms with Crippen molar-refractivity contribution in [3.8, 4) is 0 Å². The molecule has 2 rings (SSSR count). The van der Waals surface area contributed by atoms with E-state index in [-0.39, 0.29) is 0 Å². The Morgan fingerprint density at radius 3 is 2.81 bits per heavy atom. The molecule has 0 fully saturated rings. The van der Waals surface area contributed by atoms with Crippen LogP contribution in [0, 0.1) is 0 Å². The fourth-order valence-corrected chi connectivity index (χ4v) is 2.37. The standard InChI is InChI=1S/C13H15Cl2N/c14-11-3-6-13(15)10(8-11)7-9-1-4-12(16)5-2-9/h1,3,6,8,12H,2,4-5,7,16H2. The van der Waals surface area contributed by atoms with E-state index in [1.165, 1.54) is 5.57 Å². The third-order valence-electron chi connectivity index (χ3n) is 2.97. The predicted molar refractivity (Wildman–Crippen MR) is 70.1 cm³/mol. The molecule has 16 heavy (non-hydrogen) atoms. The first kappa shape index (κ1) is 12.0. The third kappa shape index (κ3) is 3.00. The number of rotatable bonds is 2. The van der Waals surface area contributed by atoms with Crippen LogP contribution in [0.3, 0.4) is 0 Å². The minimum atomic E-state index is 0.332. The molecule has 1 aromatic rings. The molecule has 86 valence electrons. The van der Waals surface area contributed by atoms with E-state index in [0.717, 1.165) is 41.3 Å². The molecule has 0 amide bonds. The van der Waals surface area contributed by atoms with Crippen LogP contribution in [-0.2, 0) is 6.42 Å². The lowest BCUT2D eigenvalue weighted by Gasteiger charge is -2.18. The molecular weight excluding hydrogens is 241 g/mol. The van der Waals surface area contributed by atoms with Gasteiger partial charge in [-0.25, -0.2) is 0 Å². The monoisotopic (exact) mass is 255 g/mol. The van der Waals surface area contributed by atoms with Gasteiger partial charge >= 0.3 is 0 Å². The number of allylic oxidation sites excluding steroid dienone is 1. The molecule has 0 saturated carbocycles. The van der Waals surface area contributed by atoms with Gasteiger partial charge in [-0.15, -0.1) is 0 Å². The average molecular weight is 256 g/mol. The van der Waals surface area contributed by atoms with Crippen LogP contribution in [-0.4, -0.2) is 6.04 Å². The zero-order valence-corrected chi connectivity index (χ0v) is 10.6. The summed E-state index contributed by atoms with van der Waals surface area (Å²) < 4.78 is 0. The van der Waals surface area contributed by atoms with Crippen LogP contribution >= 0.6 is 23.2 Å². The van der Waals surface area contributed by atoms with Gasteiger partial charge in [-0.2, -0.15) is 0 Å². The molecule has 0 bridgehead atoms. The summed E-state index contributed by atoms with van der Waals surface area (Å²) in [6.45, 7) is 0. The Balaban J connectivity index is 2.12. The van der Waals surface area contributed by atoms with Crippen molar-refractivity contribution >= 4 is 23.2 Å². The van der Waals surface area contributed by atoms with E-state index in [9.17, 15) is 0 Å². The molecule has 1 aromatic carbocycles. The molecule has 1 unspecified atom stereocenters. The van der Waals surface area contributed by atoms with Gasteiger partial charge in [0.25, 0.3) is 0 Å². The first-order valence-corrected chi connectivity index (χ1v) is 6.28. The molecule has 3 heteroatoms. The maximum absolute atomic E-state index is 6.13. The Morgan fingerprint density at radius 2 is 2.12 bits per heavy atom. The van der Waals surface area contributed by atoms with Crippen molar-refractivity contribution in [3.63, 3.8) is 0 Å². The Bertz CT molecular complexity index is 412. The molecule has 1 nitrogen and oxygen atoms in total. The normalized spacial score (nSPS) is 20.7. The minimum Gasteiger partial charge on any atom is -0.327 e. The summed E-state index contributed by atoms with van der Waals surface area (Å²) in [5.74, 6) is 0. The van der Waals surface area contributed by atoms with Crippen molar-refractivity contribution in [2.75, 3.05) is 0 Å². The van der Waals surface area contributed by atoms with E-state index in [1.807, 2.05) is 18.2 Å². The van der Waals surface area contributed by atoms with Crippen LogP contribution in [0.25, 0.3) is 0 Å². The molecule has 1 aliphatic carbocycles. The molecule has 1 aliphatic rings. The number of hydrogen-bond acceptors (Lipinski definition) is 1. The number of benzene rings is 1. The summed E-state index contributed by atoms with van der Waals surface area (Å²) in [6, 6.07) is 5.95. The average Bonchev–Trinajstić information content (AvgIpc) is 2.27. The summed E-state index contributed by atoms with van der Waals surface area (Å²) in [4.78, 5) is 0. The van der Waals surface area contributed by atoms with Crippen LogP contribution < -0.4 is 5.73 Å². The second-order valence-electron chi connectivity index (χ2n) is 4.31. The molecular formula is C13H15Cl2N. The highest BCUT2D eigenvalue weighted by Crippen LogP contribution is 2.26. The highest BCUT2D eigenvalue weighted by molar-refractivity contribution is 6.33. The van der Waals surface area contributed by atoms with Gasteiger partial charge in [0, 0.05) is 16.1 Å². The SMILES string of the molecule is NC1CC=C(Cc2cc(Cl)ccc2Cl)CC1. The minimum absolute atomic E-state index is 0.332. The van der Waals surface area contributed by atoms with Crippen molar-refractivity contribution in [2.45, 2.75) is 31.7 Å². The fourth-order valence-electron chi connectivity index (χ4n) is 1.99. The first-order chi connectivity index (χ1) is 7.65. The van der Waals surface area contributed by atoms with Gasteiger partial charge in [-0.05, 0) is 49.4 Å². The molecule has 0 aliphatic heterocycles. The Labute approximate surface area is 106 Å². The number of hydrogen-bond donors (Lipinski definition) is 1. The van der Waals surface area contributed by atoms with Gasteiger partial charge in [0.15, 0.2) is 0 Å². The lowest BCUT2D eigenvalue weighted by Crippen LogP contribution is -2.22. The van der Waals surface area contributed by atoms with Gasteiger partial charge in [0.1, 0.15) is 0 Å². The van der Waals surface area contributed by atoms with E-state index in [0.29, 0.717) is 6.04 Å². The fraction of sp³-hybridized carbons (Fsp3) is 0.385. The highest BCUT2D eigenvalue weighted by Gasteiger charge is 2.12. The van der Waals surface area contributed by atoms with Crippen LogP contribution in [0.5, 0.6) is 0 Å². The van der Waals surface area contributed by atoms with Crippen molar-refractivity contribution in [1.29, 1.82) is 0 Å². The lowest BCUT2D eigenvalue weighted by atomic mass is 9.92. The maximum atomic E-state index is 6.13. The van der Waals surface area contributed by atoms with Gasteiger partial charge in [0.05, 0.1) is 0 Å². The molecule has 0 aromatic heterocycles. The lowest BCUT2D eigenvalue weighted by molar-refractivity contribution is 0.583. The third-order valence-corrected chi connectivity index (χ3v) is 3.57. The van der Waals surface area contributed by atoms with Crippen LogP contribution in [0.15, 0.2) is 29.8 Å². The largest absolute Gasteiger partial charge is 0.327 e. The van der Waals surface area contributed by atoms with Crippen molar-refractivity contribution in [3.05, 3.63) is 45.5 Å². The van der Waals surface area contributed by atoms with Gasteiger partial charge in [-0.1, -0.05) is 34.9 Å². The van der Waals surface area contributed by atoms with E-state index in [1.54, 1.807) is 0 Å². The summed E-state index contributed by atoms with van der Waals surface area (Å²) in [5, 5.41) is 1.53. The summed E-state index contributed by atoms with van der Waals surface area (Å²) in [5.41, 5.74) is 8.38. The maximum Gasteiger partial charge on any atom is 0.0442 e. The zero-order chi connectivity index (χ0) is 11.5. The Hall–Kier alpha value is -0.500. The summed E-state index contributed by atoms with van der Waals surface area (Å²) >= 11 is 12.1. The number of halogens is 2. The van der Waals surface area contributed by atoms with Crippen molar-refractivity contribution < 1.29 is 0 Å². The highest BCUT2D eigenvalue weighted by atomic mass is 35.5. The van der Waals surface area contributed by atoms with Crippen molar-refractivity contribution in [1.82, 2.24) is 0 Å².